The van der Waals surface area contributed by atoms with Gasteiger partial charge in [0.2, 0.25) is 10.0 Å². The Kier molecular flexibility index (Phi) is 4.26. The molecule has 7 heteroatoms. The van der Waals surface area contributed by atoms with Gasteiger partial charge in [-0.25, -0.2) is 12.7 Å². The maximum Gasteiger partial charge on any atom is 0.219 e. The predicted molar refractivity (Wildman–Crippen MR) is 93.8 cm³/mol. The topological polar surface area (TPSA) is 74.3 Å². The van der Waals surface area contributed by atoms with Crippen LogP contribution in [0.15, 0.2) is 36.7 Å². The van der Waals surface area contributed by atoms with Gasteiger partial charge < -0.3 is 0 Å². The van der Waals surface area contributed by atoms with E-state index < -0.39 is 10.0 Å². The molecule has 24 heavy (non-hydrogen) atoms. The third kappa shape index (κ3) is 2.93. The molecular formula is C17H22N4O2S. The van der Waals surface area contributed by atoms with Gasteiger partial charge in [0, 0.05) is 44.0 Å². The second kappa shape index (κ2) is 6.40. The zero-order valence-corrected chi connectivity index (χ0v) is 14.3. The van der Waals surface area contributed by atoms with E-state index in [1.165, 1.54) is 10.9 Å². The number of benzene rings is 1. The number of fused-ring (bicyclic) bond motifs is 1. The quantitative estimate of drug-likeness (QED) is 0.861. The lowest BCUT2D eigenvalue weighted by atomic mass is 9.96. The molecule has 0 amide bonds. The Labute approximate surface area is 142 Å². The second-order valence-electron chi connectivity index (χ2n) is 6.67. The summed E-state index contributed by atoms with van der Waals surface area (Å²) in [6.45, 7) is 2.21. The number of nitrogens with zero attached hydrogens (tertiary/aromatic N) is 2. The third-order valence-corrected chi connectivity index (χ3v) is 7.30. The van der Waals surface area contributed by atoms with Crippen LogP contribution in [0.25, 0.3) is 10.8 Å². The molecule has 2 aliphatic heterocycles. The number of pyridine rings is 1. The van der Waals surface area contributed by atoms with Gasteiger partial charge in [0.15, 0.2) is 0 Å². The van der Waals surface area contributed by atoms with Crippen molar-refractivity contribution in [2.24, 2.45) is 5.92 Å². The van der Waals surface area contributed by atoms with E-state index in [-0.39, 0.29) is 5.25 Å². The van der Waals surface area contributed by atoms with Crippen molar-refractivity contribution in [3.8, 4) is 0 Å². The number of hydrogen-bond acceptors (Lipinski definition) is 5. The number of hydrogen-bond donors (Lipinski definition) is 2. The highest BCUT2D eigenvalue weighted by Crippen LogP contribution is 2.27. The fourth-order valence-electron chi connectivity index (χ4n) is 3.71. The van der Waals surface area contributed by atoms with Crippen LogP contribution in [0.4, 0.5) is 0 Å². The molecule has 0 saturated carbocycles. The lowest BCUT2D eigenvalue weighted by Gasteiger charge is -2.20. The summed E-state index contributed by atoms with van der Waals surface area (Å²) in [5.74, 6) is 0.356. The minimum Gasteiger partial charge on any atom is -0.264 e. The van der Waals surface area contributed by atoms with Gasteiger partial charge >= 0.3 is 0 Å². The molecule has 2 saturated heterocycles. The van der Waals surface area contributed by atoms with Crippen molar-refractivity contribution in [3.05, 3.63) is 42.2 Å². The molecule has 3 heterocycles. The monoisotopic (exact) mass is 346 g/mol. The summed E-state index contributed by atoms with van der Waals surface area (Å²) in [4.78, 5) is 4.34. The summed E-state index contributed by atoms with van der Waals surface area (Å²) in [6.07, 6.45) is 5.59. The molecule has 2 aromatic rings. The van der Waals surface area contributed by atoms with Crippen LogP contribution in [0.3, 0.4) is 0 Å². The number of nitrogens with one attached hydrogen (secondary N) is 2. The molecule has 2 fully saturated rings. The highest BCUT2D eigenvalue weighted by atomic mass is 32.2. The van der Waals surface area contributed by atoms with Crippen LogP contribution < -0.4 is 10.9 Å². The van der Waals surface area contributed by atoms with Gasteiger partial charge in [-0.15, -0.1) is 0 Å². The fourth-order valence-corrected chi connectivity index (χ4v) is 5.50. The predicted octanol–water partition coefficient (Wildman–Crippen LogP) is 0.905. The van der Waals surface area contributed by atoms with Crippen molar-refractivity contribution >= 4 is 20.8 Å². The summed E-state index contributed by atoms with van der Waals surface area (Å²) in [5, 5.41) is 2.01. The maximum atomic E-state index is 12.7. The lowest BCUT2D eigenvalue weighted by molar-refractivity contribution is 0.449. The first kappa shape index (κ1) is 16.0. The van der Waals surface area contributed by atoms with Crippen LogP contribution in [0, 0.1) is 5.92 Å². The average molecular weight is 346 g/mol. The molecule has 2 aliphatic rings. The van der Waals surface area contributed by atoms with Crippen molar-refractivity contribution in [1.82, 2.24) is 20.1 Å². The smallest absolute Gasteiger partial charge is 0.219 e. The van der Waals surface area contributed by atoms with Crippen molar-refractivity contribution in [1.29, 1.82) is 0 Å². The summed E-state index contributed by atoms with van der Waals surface area (Å²) in [7, 11) is -3.21. The van der Waals surface area contributed by atoms with E-state index in [9.17, 15) is 8.42 Å². The largest absolute Gasteiger partial charge is 0.264 e. The Hall–Kier alpha value is -1.54. The van der Waals surface area contributed by atoms with Gasteiger partial charge in [0.05, 0.1) is 0 Å². The Morgan fingerprint density at radius 1 is 1.17 bits per heavy atom. The zero-order valence-electron chi connectivity index (χ0n) is 13.5. The molecule has 6 nitrogen and oxygen atoms in total. The van der Waals surface area contributed by atoms with Gasteiger partial charge in [-0.3, -0.25) is 15.8 Å². The molecule has 1 aromatic heterocycles. The van der Waals surface area contributed by atoms with E-state index in [1.54, 1.807) is 4.31 Å². The van der Waals surface area contributed by atoms with Crippen LogP contribution >= 0.6 is 0 Å². The van der Waals surface area contributed by atoms with E-state index in [4.69, 9.17) is 0 Å². The van der Waals surface area contributed by atoms with Crippen molar-refractivity contribution in [2.45, 2.75) is 18.1 Å². The van der Waals surface area contributed by atoms with E-state index in [0.29, 0.717) is 32.1 Å². The standard InChI is InChI=1S/C17H22N4O2S/c22-24(23,16-10-19-20-11-16)21-6-5-13(12-21)7-15-9-18-8-14-3-1-2-4-17(14)15/h1-4,8-9,13,16,19-20H,5-7,10-12H2. The van der Waals surface area contributed by atoms with E-state index in [0.717, 1.165) is 18.2 Å². The molecular weight excluding hydrogens is 324 g/mol. The minimum absolute atomic E-state index is 0.351. The van der Waals surface area contributed by atoms with Crippen molar-refractivity contribution in [3.63, 3.8) is 0 Å². The van der Waals surface area contributed by atoms with Crippen molar-refractivity contribution < 1.29 is 8.42 Å². The number of aromatic nitrogens is 1. The van der Waals surface area contributed by atoms with Gasteiger partial charge in [0.25, 0.3) is 0 Å². The maximum absolute atomic E-state index is 12.7. The normalized spacial score (nSPS) is 23.2. The summed E-state index contributed by atoms with van der Waals surface area (Å²) < 4.78 is 27.0. The third-order valence-electron chi connectivity index (χ3n) is 5.07. The molecule has 0 aliphatic carbocycles. The average Bonchev–Trinajstić information content (AvgIpc) is 3.28. The molecule has 2 N–H and O–H groups in total. The van der Waals surface area contributed by atoms with Crippen molar-refractivity contribution in [2.75, 3.05) is 26.2 Å². The number of sulfonamides is 1. The Balaban J connectivity index is 1.49. The van der Waals surface area contributed by atoms with Crippen LogP contribution in [0.5, 0.6) is 0 Å². The first-order chi connectivity index (χ1) is 11.6. The lowest BCUT2D eigenvalue weighted by Crippen LogP contribution is -2.40. The van der Waals surface area contributed by atoms with Gasteiger partial charge in [-0.1, -0.05) is 24.3 Å². The molecule has 0 bridgehead atoms. The van der Waals surface area contributed by atoms with E-state index in [1.807, 2.05) is 24.5 Å². The first-order valence-electron chi connectivity index (χ1n) is 8.41. The molecule has 128 valence electrons. The SMILES string of the molecule is O=S(=O)(C1CNNC1)N1CCC(Cc2cncc3ccccc23)C1. The molecule has 0 radical (unpaired) electrons. The van der Waals surface area contributed by atoms with Crippen LogP contribution in [-0.4, -0.2) is 49.1 Å². The molecule has 1 atom stereocenters. The highest BCUT2D eigenvalue weighted by Gasteiger charge is 2.38. The summed E-state index contributed by atoms with van der Waals surface area (Å²) >= 11 is 0. The Morgan fingerprint density at radius 3 is 2.79 bits per heavy atom. The molecule has 0 spiro atoms. The molecule has 1 unspecified atom stereocenters. The van der Waals surface area contributed by atoms with E-state index >= 15 is 0 Å². The Bertz CT molecular complexity index is 828. The first-order valence-corrected chi connectivity index (χ1v) is 9.91. The second-order valence-corrected chi connectivity index (χ2v) is 8.88. The van der Waals surface area contributed by atoms with Gasteiger partial charge in [-0.05, 0) is 29.7 Å². The summed E-state index contributed by atoms with van der Waals surface area (Å²) in [6, 6.07) is 8.24. The van der Waals surface area contributed by atoms with Gasteiger partial charge in [-0.2, -0.15) is 0 Å². The fraction of sp³-hybridized carbons (Fsp3) is 0.471. The number of rotatable bonds is 4. The van der Waals surface area contributed by atoms with Gasteiger partial charge in [0.1, 0.15) is 5.25 Å². The Morgan fingerprint density at radius 2 is 1.96 bits per heavy atom. The van der Waals surface area contributed by atoms with Crippen LogP contribution in [0.1, 0.15) is 12.0 Å². The molecule has 1 aromatic carbocycles. The van der Waals surface area contributed by atoms with Crippen LogP contribution in [0.2, 0.25) is 0 Å². The highest BCUT2D eigenvalue weighted by molar-refractivity contribution is 7.89. The minimum atomic E-state index is -3.21. The zero-order chi connectivity index (χ0) is 16.6. The van der Waals surface area contributed by atoms with E-state index in [2.05, 4.69) is 28.0 Å². The number of hydrazine groups is 1. The molecule has 4 rings (SSSR count). The summed E-state index contributed by atoms with van der Waals surface area (Å²) in [5.41, 5.74) is 7.03. The van der Waals surface area contributed by atoms with Crippen LogP contribution in [-0.2, 0) is 16.4 Å².